The van der Waals surface area contributed by atoms with Crippen LogP contribution in [0.3, 0.4) is 0 Å². The van der Waals surface area contributed by atoms with E-state index in [2.05, 4.69) is 34.9 Å². The highest BCUT2D eigenvalue weighted by Crippen LogP contribution is 2.26. The SMILES string of the molecule is CC(C)CCC(O)c1c(Br)cnn1C. The van der Waals surface area contributed by atoms with Gasteiger partial charge in [0.15, 0.2) is 0 Å². The highest BCUT2D eigenvalue weighted by Gasteiger charge is 2.15. The van der Waals surface area contributed by atoms with Crippen LogP contribution in [0.4, 0.5) is 0 Å². The molecule has 0 fully saturated rings. The molecule has 1 aromatic heterocycles. The van der Waals surface area contributed by atoms with Crippen LogP contribution in [0.1, 0.15) is 38.5 Å². The Balaban J connectivity index is 2.64. The highest BCUT2D eigenvalue weighted by molar-refractivity contribution is 9.10. The molecule has 0 saturated heterocycles. The minimum absolute atomic E-state index is 0.417. The van der Waals surface area contributed by atoms with E-state index >= 15 is 0 Å². The van der Waals surface area contributed by atoms with E-state index in [1.165, 1.54) is 0 Å². The first-order valence-electron chi connectivity index (χ1n) is 4.87. The molecule has 80 valence electrons. The van der Waals surface area contributed by atoms with Crippen LogP contribution < -0.4 is 0 Å². The Morgan fingerprint density at radius 1 is 1.50 bits per heavy atom. The Bertz CT molecular complexity index is 277. The van der Waals surface area contributed by atoms with Gasteiger partial charge in [-0.15, -0.1) is 0 Å². The van der Waals surface area contributed by atoms with Crippen LogP contribution in [-0.2, 0) is 7.05 Å². The molecule has 0 bridgehead atoms. The average molecular weight is 261 g/mol. The lowest BCUT2D eigenvalue weighted by atomic mass is 10.0. The Morgan fingerprint density at radius 2 is 2.14 bits per heavy atom. The fourth-order valence-electron chi connectivity index (χ4n) is 1.42. The van der Waals surface area contributed by atoms with Gasteiger partial charge in [0.25, 0.3) is 0 Å². The second-order valence-electron chi connectivity index (χ2n) is 3.99. The molecule has 0 saturated carbocycles. The number of hydrogen-bond acceptors (Lipinski definition) is 2. The zero-order valence-corrected chi connectivity index (χ0v) is 10.5. The molecule has 1 N–H and O–H groups in total. The van der Waals surface area contributed by atoms with Crippen molar-refractivity contribution in [3.05, 3.63) is 16.4 Å². The van der Waals surface area contributed by atoms with Gasteiger partial charge in [0.2, 0.25) is 0 Å². The van der Waals surface area contributed by atoms with Crippen molar-refractivity contribution in [2.24, 2.45) is 13.0 Å². The van der Waals surface area contributed by atoms with Crippen LogP contribution in [0.15, 0.2) is 10.7 Å². The van der Waals surface area contributed by atoms with Crippen molar-refractivity contribution in [2.45, 2.75) is 32.8 Å². The van der Waals surface area contributed by atoms with Crippen LogP contribution in [0.25, 0.3) is 0 Å². The number of aliphatic hydroxyl groups excluding tert-OH is 1. The molecule has 0 aliphatic rings. The molecule has 4 heteroatoms. The molecule has 0 spiro atoms. The fraction of sp³-hybridized carbons (Fsp3) is 0.700. The molecule has 0 radical (unpaired) electrons. The smallest absolute Gasteiger partial charge is 0.0968 e. The zero-order chi connectivity index (χ0) is 10.7. The van der Waals surface area contributed by atoms with Gasteiger partial charge in [-0.2, -0.15) is 5.10 Å². The van der Waals surface area contributed by atoms with Gasteiger partial charge >= 0.3 is 0 Å². The summed E-state index contributed by atoms with van der Waals surface area (Å²) in [6, 6.07) is 0. The molecule has 0 amide bonds. The normalized spacial score (nSPS) is 13.6. The van der Waals surface area contributed by atoms with Gasteiger partial charge in [0.1, 0.15) is 0 Å². The quantitative estimate of drug-likeness (QED) is 0.904. The first-order chi connectivity index (χ1) is 6.52. The lowest BCUT2D eigenvalue weighted by Crippen LogP contribution is -2.07. The minimum atomic E-state index is -0.417. The zero-order valence-electron chi connectivity index (χ0n) is 8.87. The predicted octanol–water partition coefficient (Wildman–Crippen LogP) is 2.65. The maximum atomic E-state index is 9.93. The number of nitrogens with zero attached hydrogens (tertiary/aromatic N) is 2. The molecule has 0 aliphatic carbocycles. The van der Waals surface area contributed by atoms with E-state index in [4.69, 9.17) is 0 Å². The third-order valence-electron chi connectivity index (χ3n) is 2.27. The van der Waals surface area contributed by atoms with E-state index in [0.29, 0.717) is 5.92 Å². The number of halogens is 1. The highest BCUT2D eigenvalue weighted by atomic mass is 79.9. The van der Waals surface area contributed by atoms with Gasteiger partial charge in [0, 0.05) is 7.05 Å². The minimum Gasteiger partial charge on any atom is -0.387 e. The second kappa shape index (κ2) is 4.94. The Labute approximate surface area is 93.3 Å². The van der Waals surface area contributed by atoms with Crippen molar-refractivity contribution < 1.29 is 5.11 Å². The average Bonchev–Trinajstić information content (AvgIpc) is 2.42. The summed E-state index contributed by atoms with van der Waals surface area (Å²) < 4.78 is 2.60. The lowest BCUT2D eigenvalue weighted by Gasteiger charge is -2.13. The first kappa shape index (κ1) is 11.7. The summed E-state index contributed by atoms with van der Waals surface area (Å²) in [4.78, 5) is 0. The summed E-state index contributed by atoms with van der Waals surface area (Å²) in [5.74, 6) is 0.622. The molecule has 0 aliphatic heterocycles. The molecule has 14 heavy (non-hydrogen) atoms. The number of aryl methyl sites for hydroxylation is 1. The molecule has 0 aromatic carbocycles. The van der Waals surface area contributed by atoms with Crippen molar-refractivity contribution in [1.29, 1.82) is 0 Å². The Kier molecular flexibility index (Phi) is 4.13. The number of aliphatic hydroxyl groups is 1. The summed E-state index contributed by atoms with van der Waals surface area (Å²) in [5.41, 5.74) is 0.866. The number of aromatic nitrogens is 2. The first-order valence-corrected chi connectivity index (χ1v) is 5.67. The molecular formula is C10H17BrN2O. The van der Waals surface area contributed by atoms with Gasteiger partial charge in [-0.1, -0.05) is 13.8 Å². The largest absolute Gasteiger partial charge is 0.387 e. The molecule has 1 aromatic rings. The van der Waals surface area contributed by atoms with E-state index in [1.54, 1.807) is 10.9 Å². The standard InChI is InChI=1S/C10H17BrN2O/c1-7(2)4-5-9(14)10-8(11)6-12-13(10)3/h6-7,9,14H,4-5H2,1-3H3. The van der Waals surface area contributed by atoms with Crippen molar-refractivity contribution in [1.82, 2.24) is 9.78 Å². The van der Waals surface area contributed by atoms with Crippen LogP contribution in [0.2, 0.25) is 0 Å². The van der Waals surface area contributed by atoms with E-state index < -0.39 is 6.10 Å². The van der Waals surface area contributed by atoms with Crippen molar-refractivity contribution in [3.8, 4) is 0 Å². The number of hydrogen-bond donors (Lipinski definition) is 1. The topological polar surface area (TPSA) is 38.1 Å². The molecule has 1 unspecified atom stereocenters. The molecule has 1 atom stereocenters. The summed E-state index contributed by atoms with van der Waals surface area (Å²) in [7, 11) is 1.85. The monoisotopic (exact) mass is 260 g/mol. The van der Waals surface area contributed by atoms with Crippen LogP contribution in [-0.4, -0.2) is 14.9 Å². The molecule has 1 rings (SSSR count). The summed E-state index contributed by atoms with van der Waals surface area (Å²) in [5, 5.41) is 14.0. The Morgan fingerprint density at radius 3 is 2.57 bits per heavy atom. The van der Waals surface area contributed by atoms with Crippen molar-refractivity contribution in [3.63, 3.8) is 0 Å². The third-order valence-corrected chi connectivity index (χ3v) is 2.88. The maximum Gasteiger partial charge on any atom is 0.0968 e. The maximum absolute atomic E-state index is 9.93. The fourth-order valence-corrected chi connectivity index (χ4v) is 2.04. The summed E-state index contributed by atoms with van der Waals surface area (Å²) in [6.07, 6.45) is 3.11. The Hall–Kier alpha value is -0.350. The third kappa shape index (κ3) is 2.82. The van der Waals surface area contributed by atoms with Crippen molar-refractivity contribution >= 4 is 15.9 Å². The van der Waals surface area contributed by atoms with E-state index in [0.717, 1.165) is 23.0 Å². The van der Waals surface area contributed by atoms with Gasteiger partial charge in [-0.25, -0.2) is 0 Å². The second-order valence-corrected chi connectivity index (χ2v) is 4.84. The van der Waals surface area contributed by atoms with Crippen molar-refractivity contribution in [2.75, 3.05) is 0 Å². The predicted molar refractivity (Wildman–Crippen MR) is 59.9 cm³/mol. The van der Waals surface area contributed by atoms with Gasteiger partial charge in [0.05, 0.1) is 22.5 Å². The molecular weight excluding hydrogens is 244 g/mol. The van der Waals surface area contributed by atoms with E-state index in [9.17, 15) is 5.11 Å². The van der Waals surface area contributed by atoms with Gasteiger partial charge in [-0.05, 0) is 34.7 Å². The van der Waals surface area contributed by atoms with E-state index in [1.807, 2.05) is 7.05 Å². The summed E-state index contributed by atoms with van der Waals surface area (Å²) >= 11 is 3.38. The molecule has 3 nitrogen and oxygen atoms in total. The lowest BCUT2D eigenvalue weighted by molar-refractivity contribution is 0.149. The summed E-state index contributed by atoms with van der Waals surface area (Å²) in [6.45, 7) is 4.32. The van der Waals surface area contributed by atoms with E-state index in [-0.39, 0.29) is 0 Å². The van der Waals surface area contributed by atoms with Crippen LogP contribution >= 0.6 is 15.9 Å². The van der Waals surface area contributed by atoms with Gasteiger partial charge < -0.3 is 5.11 Å². The van der Waals surface area contributed by atoms with Crippen LogP contribution in [0.5, 0.6) is 0 Å². The molecule has 1 heterocycles. The van der Waals surface area contributed by atoms with Crippen LogP contribution in [0, 0.1) is 5.92 Å². The van der Waals surface area contributed by atoms with Gasteiger partial charge in [-0.3, -0.25) is 4.68 Å². The number of rotatable bonds is 4.